The monoisotopic (exact) mass is 223 g/mol. The molecule has 1 aliphatic rings. The van der Waals surface area contributed by atoms with Crippen molar-refractivity contribution in [2.45, 2.75) is 51.9 Å². The maximum absolute atomic E-state index is 12.1. The molecule has 0 amide bonds. The number of carbonyl (C=O) groups excluding carboxylic acids is 1. The molecular weight excluding hydrogens is 204 g/mol. The Morgan fingerprint density at radius 2 is 2.00 bits per heavy atom. The smallest absolute Gasteiger partial charge is 0.293 e. The molecule has 0 aromatic carbocycles. The molecule has 0 saturated carbocycles. The lowest BCUT2D eigenvalue weighted by molar-refractivity contribution is -0.138. The van der Waals surface area contributed by atoms with E-state index in [0.29, 0.717) is 12.9 Å². The van der Waals surface area contributed by atoms with Gasteiger partial charge in [-0.3, -0.25) is 4.79 Å². The van der Waals surface area contributed by atoms with E-state index in [4.69, 9.17) is 0 Å². The van der Waals surface area contributed by atoms with Gasteiger partial charge in [-0.2, -0.15) is 0 Å². The number of alkyl halides is 1. The van der Waals surface area contributed by atoms with Crippen molar-refractivity contribution < 1.29 is 18.4 Å². The van der Waals surface area contributed by atoms with Gasteiger partial charge in [-0.05, 0) is 40.0 Å². The van der Waals surface area contributed by atoms with Gasteiger partial charge in [0.15, 0.2) is 6.30 Å². The lowest BCUT2D eigenvalue weighted by Crippen LogP contribution is -2.28. The quantitative estimate of drug-likeness (QED) is 0.389. The van der Waals surface area contributed by atoms with Crippen molar-refractivity contribution in [3.63, 3.8) is 0 Å². The highest BCUT2D eigenvalue weighted by Gasteiger charge is 2.20. The molecule has 0 aromatic rings. The van der Waals surface area contributed by atoms with Crippen LogP contribution in [0.1, 0.15) is 40.0 Å². The molecule has 1 atom stereocenters. The molecule has 0 N–H and O–H groups in total. The van der Waals surface area contributed by atoms with Crippen molar-refractivity contribution in [1.82, 2.24) is 5.12 Å². The summed E-state index contributed by atoms with van der Waals surface area (Å²) in [7, 11) is 0. The fourth-order valence-corrected chi connectivity index (χ4v) is 1.00. The lowest BCUT2D eigenvalue weighted by Gasteiger charge is -2.20. The molecule has 1 unspecified atom stereocenters. The second-order valence-corrected chi connectivity index (χ2v) is 4.38. The molecule has 1 aliphatic heterocycles. The van der Waals surface area contributed by atoms with Crippen LogP contribution in [-0.4, -0.2) is 30.0 Å². The van der Waals surface area contributed by atoms with Crippen LogP contribution >= 0.6 is 0 Å². The molecule has 15 heavy (non-hydrogen) atoms. The Bertz CT molecular complexity index is 173. The fraction of sp³-hybridized carbons (Fsp3) is 0.900. The highest BCUT2D eigenvalue weighted by molar-refractivity contribution is 5.37. The summed E-state index contributed by atoms with van der Waals surface area (Å²) >= 11 is 0. The lowest BCUT2D eigenvalue weighted by atomic mass is 10.1. The van der Waals surface area contributed by atoms with Crippen LogP contribution in [0.4, 0.5) is 8.87 Å². The third-order valence-corrected chi connectivity index (χ3v) is 1.77. The predicted molar refractivity (Wildman–Crippen MR) is 53.5 cm³/mol. The molecule has 3 nitrogen and oxygen atoms in total. The van der Waals surface area contributed by atoms with Gasteiger partial charge >= 0.3 is 0 Å². The molecule has 0 aromatic heterocycles. The highest BCUT2D eigenvalue weighted by atomic mass is 19.2. The van der Waals surface area contributed by atoms with Crippen molar-refractivity contribution in [2.24, 2.45) is 0 Å². The zero-order valence-electron chi connectivity index (χ0n) is 9.50. The Morgan fingerprint density at radius 1 is 1.40 bits per heavy atom. The standard InChI is InChI=1S/C5H9F2N.C5H10O2/c6-5-3-1-2-4-8(5)7;1-5(2,3)7-4-6/h5H,1-4H2;4H,1-3H3. The summed E-state index contributed by atoms with van der Waals surface area (Å²) in [6, 6.07) is 0. The SMILES string of the molecule is CC(C)(C)OC=O.FC1CCCCN1F. The first-order chi connectivity index (χ1) is 6.87. The first kappa shape index (κ1) is 14.3. The number of rotatable bonds is 1. The highest BCUT2D eigenvalue weighted by Crippen LogP contribution is 2.17. The van der Waals surface area contributed by atoms with Crippen LogP contribution in [-0.2, 0) is 9.53 Å². The minimum atomic E-state index is -1.33. The number of carbonyl (C=O) groups is 1. The molecule has 0 bridgehead atoms. The fourth-order valence-electron chi connectivity index (χ4n) is 1.00. The van der Waals surface area contributed by atoms with Crippen LogP contribution in [0.5, 0.6) is 0 Å². The number of halogens is 2. The van der Waals surface area contributed by atoms with Crippen LogP contribution < -0.4 is 0 Å². The molecule has 0 spiro atoms. The second kappa shape index (κ2) is 6.71. The van der Waals surface area contributed by atoms with Crippen molar-refractivity contribution in [1.29, 1.82) is 0 Å². The number of ether oxygens (including phenoxy) is 1. The summed E-state index contributed by atoms with van der Waals surface area (Å²) in [5.74, 6) is 0. The van der Waals surface area contributed by atoms with E-state index in [1.54, 1.807) is 0 Å². The topological polar surface area (TPSA) is 29.5 Å². The van der Waals surface area contributed by atoms with Crippen molar-refractivity contribution in [3.05, 3.63) is 0 Å². The Kier molecular flexibility index (Phi) is 6.40. The van der Waals surface area contributed by atoms with Gasteiger partial charge < -0.3 is 4.74 Å². The van der Waals surface area contributed by atoms with Gasteiger partial charge in [-0.25, -0.2) is 4.39 Å². The van der Waals surface area contributed by atoms with E-state index in [1.807, 2.05) is 20.8 Å². The largest absolute Gasteiger partial charge is 0.462 e. The molecule has 0 aliphatic carbocycles. The first-order valence-corrected chi connectivity index (χ1v) is 5.05. The molecular formula is C10H19F2NO2. The first-order valence-electron chi connectivity index (χ1n) is 5.05. The molecule has 1 fully saturated rings. The molecule has 90 valence electrons. The average molecular weight is 223 g/mol. The van der Waals surface area contributed by atoms with Crippen molar-refractivity contribution in [2.75, 3.05) is 6.54 Å². The van der Waals surface area contributed by atoms with E-state index in [1.165, 1.54) is 0 Å². The maximum Gasteiger partial charge on any atom is 0.293 e. The van der Waals surface area contributed by atoms with Crippen LogP contribution in [0.15, 0.2) is 0 Å². The molecule has 1 saturated heterocycles. The van der Waals surface area contributed by atoms with E-state index < -0.39 is 6.30 Å². The van der Waals surface area contributed by atoms with Crippen LogP contribution in [0.3, 0.4) is 0 Å². The Labute approximate surface area is 89.3 Å². The summed E-state index contributed by atoms with van der Waals surface area (Å²) in [4.78, 5) is 9.60. The third-order valence-electron chi connectivity index (χ3n) is 1.77. The average Bonchev–Trinajstić information content (AvgIpc) is 2.09. The van der Waals surface area contributed by atoms with Crippen LogP contribution in [0.2, 0.25) is 0 Å². The molecule has 0 radical (unpaired) electrons. The van der Waals surface area contributed by atoms with Crippen LogP contribution in [0.25, 0.3) is 0 Å². The normalized spacial score (nSPS) is 22.6. The number of hydrogen-bond acceptors (Lipinski definition) is 3. The van der Waals surface area contributed by atoms with E-state index in [9.17, 15) is 13.7 Å². The number of piperidine rings is 1. The van der Waals surface area contributed by atoms with E-state index in [0.717, 1.165) is 12.8 Å². The van der Waals surface area contributed by atoms with Gasteiger partial charge in [0.1, 0.15) is 5.60 Å². The summed E-state index contributed by atoms with van der Waals surface area (Å²) < 4.78 is 28.7. The summed E-state index contributed by atoms with van der Waals surface area (Å²) in [5, 5.41) is 0.267. The van der Waals surface area contributed by atoms with E-state index >= 15 is 0 Å². The Hall–Kier alpha value is -0.710. The number of hydrogen-bond donors (Lipinski definition) is 0. The van der Waals surface area contributed by atoms with Gasteiger partial charge in [0.05, 0.1) is 0 Å². The second-order valence-electron chi connectivity index (χ2n) is 4.38. The van der Waals surface area contributed by atoms with Gasteiger partial charge in [0, 0.05) is 6.54 Å². The zero-order chi connectivity index (χ0) is 11.9. The summed E-state index contributed by atoms with van der Waals surface area (Å²) in [5.41, 5.74) is -0.318. The summed E-state index contributed by atoms with van der Waals surface area (Å²) in [6.45, 7) is 6.19. The minimum Gasteiger partial charge on any atom is -0.462 e. The third kappa shape index (κ3) is 8.30. The van der Waals surface area contributed by atoms with Gasteiger partial charge in [0.25, 0.3) is 6.47 Å². The minimum absolute atomic E-state index is 0.265. The van der Waals surface area contributed by atoms with E-state index in [2.05, 4.69) is 4.74 Å². The van der Waals surface area contributed by atoms with Gasteiger partial charge in [0.2, 0.25) is 0 Å². The Balaban J connectivity index is 0.000000265. The number of nitrogens with zero attached hydrogens (tertiary/aromatic N) is 1. The maximum atomic E-state index is 12.1. The molecule has 5 heteroatoms. The zero-order valence-corrected chi connectivity index (χ0v) is 9.50. The van der Waals surface area contributed by atoms with Gasteiger partial charge in [-0.15, -0.1) is 9.60 Å². The summed E-state index contributed by atoms with van der Waals surface area (Å²) in [6.07, 6.45) is 0.637. The van der Waals surface area contributed by atoms with Crippen molar-refractivity contribution >= 4 is 6.47 Å². The Morgan fingerprint density at radius 3 is 2.20 bits per heavy atom. The molecule has 1 heterocycles. The van der Waals surface area contributed by atoms with E-state index in [-0.39, 0.29) is 17.3 Å². The van der Waals surface area contributed by atoms with Crippen LogP contribution in [0, 0.1) is 0 Å². The predicted octanol–water partition coefficient (Wildman–Crippen LogP) is 2.61. The molecule has 1 rings (SSSR count). The van der Waals surface area contributed by atoms with Gasteiger partial charge in [-0.1, -0.05) is 0 Å². The van der Waals surface area contributed by atoms with Crippen molar-refractivity contribution in [3.8, 4) is 0 Å².